The fraction of sp³-hybridized carbons (Fsp3) is 0.640. The standard InChI is InChI=1S/C25H36N2O5/c1-5-31-20-12-11-17(15-21(20)32-6-2)23(16(3)4)26-22(28)13-14-27-24(29)18-9-7-8-10-19(18)25(27)30/h11-12,15-16,18-19,23H,5-10,13-14H2,1-4H3,(H,26,28). The van der Waals surface area contributed by atoms with Crippen molar-refractivity contribution in [1.29, 1.82) is 0 Å². The number of nitrogens with one attached hydrogen (secondary N) is 1. The SMILES string of the molecule is CCOc1ccc(C(NC(=O)CCN2C(=O)C3CCCCC3C2=O)C(C)C)cc1OCC. The molecule has 1 N–H and O–H groups in total. The highest BCUT2D eigenvalue weighted by molar-refractivity contribution is 6.05. The average Bonchev–Trinajstić information content (AvgIpc) is 3.02. The molecule has 1 aromatic carbocycles. The minimum Gasteiger partial charge on any atom is -0.490 e. The van der Waals surface area contributed by atoms with Gasteiger partial charge in [0.1, 0.15) is 0 Å². The molecule has 0 bridgehead atoms. The topological polar surface area (TPSA) is 84.9 Å². The highest BCUT2D eigenvalue weighted by Gasteiger charge is 2.47. The van der Waals surface area contributed by atoms with E-state index in [4.69, 9.17) is 9.47 Å². The lowest BCUT2D eigenvalue weighted by molar-refractivity contribution is -0.140. The number of likely N-dealkylation sites (tertiary alicyclic amines) is 1. The molecule has 3 unspecified atom stereocenters. The molecule has 7 nitrogen and oxygen atoms in total. The normalized spacial score (nSPS) is 21.5. The number of amides is 3. The third-order valence-corrected chi connectivity index (χ3v) is 6.40. The van der Waals surface area contributed by atoms with Crippen LogP contribution in [-0.4, -0.2) is 42.4 Å². The van der Waals surface area contributed by atoms with Crippen LogP contribution in [0, 0.1) is 17.8 Å². The molecule has 1 aliphatic heterocycles. The first-order valence-corrected chi connectivity index (χ1v) is 11.9. The van der Waals surface area contributed by atoms with Crippen molar-refractivity contribution in [3.63, 3.8) is 0 Å². The largest absolute Gasteiger partial charge is 0.490 e. The first kappa shape index (κ1) is 24.1. The van der Waals surface area contributed by atoms with E-state index in [0.717, 1.165) is 31.2 Å². The van der Waals surface area contributed by atoms with E-state index < -0.39 is 0 Å². The van der Waals surface area contributed by atoms with E-state index in [0.29, 0.717) is 24.7 Å². The molecule has 2 aliphatic rings. The van der Waals surface area contributed by atoms with Crippen LogP contribution < -0.4 is 14.8 Å². The maximum Gasteiger partial charge on any atom is 0.233 e. The van der Waals surface area contributed by atoms with Crippen molar-refractivity contribution < 1.29 is 23.9 Å². The number of imide groups is 1. The van der Waals surface area contributed by atoms with Crippen LogP contribution in [0.25, 0.3) is 0 Å². The summed E-state index contributed by atoms with van der Waals surface area (Å²) in [7, 11) is 0. The maximum atomic E-state index is 12.8. The van der Waals surface area contributed by atoms with E-state index in [-0.39, 0.29) is 54.5 Å². The lowest BCUT2D eigenvalue weighted by atomic mass is 9.81. The average molecular weight is 445 g/mol. The molecule has 1 aromatic rings. The molecule has 0 radical (unpaired) electrons. The Bertz CT molecular complexity index is 814. The summed E-state index contributed by atoms with van der Waals surface area (Å²) in [6.45, 7) is 9.13. The lowest BCUT2D eigenvalue weighted by Gasteiger charge is -2.25. The number of nitrogens with zero attached hydrogens (tertiary/aromatic N) is 1. The summed E-state index contributed by atoms with van der Waals surface area (Å²) in [4.78, 5) is 39.4. The number of hydrogen-bond acceptors (Lipinski definition) is 5. The molecule has 0 aromatic heterocycles. The van der Waals surface area contributed by atoms with Crippen LogP contribution in [0.1, 0.15) is 71.4 Å². The minimum absolute atomic E-state index is 0.0965. The quantitative estimate of drug-likeness (QED) is 0.554. The van der Waals surface area contributed by atoms with Crippen molar-refractivity contribution in [2.45, 2.75) is 65.8 Å². The van der Waals surface area contributed by atoms with Crippen LogP contribution in [0.3, 0.4) is 0 Å². The van der Waals surface area contributed by atoms with Gasteiger partial charge in [0.25, 0.3) is 0 Å². The van der Waals surface area contributed by atoms with Crippen LogP contribution in [0.5, 0.6) is 11.5 Å². The summed E-state index contributed by atoms with van der Waals surface area (Å²) >= 11 is 0. The van der Waals surface area contributed by atoms with Gasteiger partial charge in [0.05, 0.1) is 31.1 Å². The zero-order valence-electron chi connectivity index (χ0n) is 19.7. The highest BCUT2D eigenvalue weighted by Crippen LogP contribution is 2.38. The number of carbonyl (C=O) groups excluding carboxylic acids is 3. The van der Waals surface area contributed by atoms with Crippen molar-refractivity contribution in [3.8, 4) is 11.5 Å². The van der Waals surface area contributed by atoms with E-state index in [2.05, 4.69) is 5.32 Å². The van der Waals surface area contributed by atoms with Crippen LogP contribution in [0.15, 0.2) is 18.2 Å². The molecule has 3 amide bonds. The Kier molecular flexibility index (Phi) is 8.15. The Morgan fingerprint density at radius 3 is 2.19 bits per heavy atom. The molecule has 7 heteroatoms. The first-order valence-electron chi connectivity index (χ1n) is 11.9. The van der Waals surface area contributed by atoms with Crippen LogP contribution in [0.4, 0.5) is 0 Å². The van der Waals surface area contributed by atoms with Crippen molar-refractivity contribution in [3.05, 3.63) is 23.8 Å². The second kappa shape index (κ2) is 10.8. The van der Waals surface area contributed by atoms with Crippen molar-refractivity contribution >= 4 is 17.7 Å². The zero-order valence-corrected chi connectivity index (χ0v) is 19.7. The van der Waals surface area contributed by atoms with Gasteiger partial charge in [-0.15, -0.1) is 0 Å². The number of fused-ring (bicyclic) bond motifs is 1. The van der Waals surface area contributed by atoms with E-state index in [1.54, 1.807) is 0 Å². The highest BCUT2D eigenvalue weighted by atomic mass is 16.5. The molecule has 3 atom stereocenters. The van der Waals surface area contributed by atoms with Gasteiger partial charge in [0, 0.05) is 13.0 Å². The number of carbonyl (C=O) groups is 3. The summed E-state index contributed by atoms with van der Waals surface area (Å²) in [6.07, 6.45) is 3.67. The van der Waals surface area contributed by atoms with E-state index in [1.165, 1.54) is 4.90 Å². The van der Waals surface area contributed by atoms with E-state index in [1.807, 2.05) is 45.9 Å². The maximum absolute atomic E-state index is 12.8. The third kappa shape index (κ3) is 5.25. The first-order chi connectivity index (χ1) is 15.4. The second-order valence-corrected chi connectivity index (χ2v) is 8.94. The summed E-state index contributed by atoms with van der Waals surface area (Å²) < 4.78 is 11.4. The van der Waals surface area contributed by atoms with Gasteiger partial charge in [-0.25, -0.2) is 0 Å². The van der Waals surface area contributed by atoms with Crippen molar-refractivity contribution in [2.75, 3.05) is 19.8 Å². The fourth-order valence-corrected chi connectivity index (χ4v) is 4.81. The minimum atomic E-state index is -0.218. The molecule has 2 fully saturated rings. The van der Waals surface area contributed by atoms with E-state index >= 15 is 0 Å². The molecule has 32 heavy (non-hydrogen) atoms. The summed E-state index contributed by atoms with van der Waals surface area (Å²) in [5.74, 6) is 0.756. The Hall–Kier alpha value is -2.57. The monoisotopic (exact) mass is 444 g/mol. The van der Waals surface area contributed by atoms with E-state index in [9.17, 15) is 14.4 Å². The summed E-state index contributed by atoms with van der Waals surface area (Å²) in [5.41, 5.74) is 0.930. The molecule has 1 aliphatic carbocycles. The van der Waals surface area contributed by atoms with Crippen molar-refractivity contribution in [2.24, 2.45) is 17.8 Å². The van der Waals surface area contributed by atoms with Gasteiger partial charge in [-0.05, 0) is 50.3 Å². The summed E-state index contributed by atoms with van der Waals surface area (Å²) in [6, 6.07) is 5.51. The Labute approximate surface area is 190 Å². The van der Waals surface area contributed by atoms with Crippen LogP contribution >= 0.6 is 0 Å². The number of ether oxygens (including phenoxy) is 2. The van der Waals surface area contributed by atoms with Gasteiger partial charge in [0.15, 0.2) is 11.5 Å². The summed E-state index contributed by atoms with van der Waals surface area (Å²) in [5, 5.41) is 3.09. The number of benzene rings is 1. The smallest absolute Gasteiger partial charge is 0.233 e. The van der Waals surface area contributed by atoms with Gasteiger partial charge >= 0.3 is 0 Å². The molecule has 1 saturated heterocycles. The molecule has 1 saturated carbocycles. The second-order valence-electron chi connectivity index (χ2n) is 8.94. The van der Waals surface area contributed by atoms with Gasteiger partial charge in [-0.3, -0.25) is 19.3 Å². The molecular weight excluding hydrogens is 408 g/mol. The van der Waals surface area contributed by atoms with Gasteiger partial charge in [0.2, 0.25) is 17.7 Å². The predicted molar refractivity (Wildman–Crippen MR) is 121 cm³/mol. The lowest BCUT2D eigenvalue weighted by Crippen LogP contribution is -2.37. The van der Waals surface area contributed by atoms with Crippen LogP contribution in [0.2, 0.25) is 0 Å². The van der Waals surface area contributed by atoms with Crippen LogP contribution in [-0.2, 0) is 14.4 Å². The fourth-order valence-electron chi connectivity index (χ4n) is 4.81. The molecule has 1 heterocycles. The van der Waals surface area contributed by atoms with Gasteiger partial charge < -0.3 is 14.8 Å². The Morgan fingerprint density at radius 2 is 1.62 bits per heavy atom. The zero-order chi connectivity index (χ0) is 23.3. The Morgan fingerprint density at radius 1 is 1.03 bits per heavy atom. The van der Waals surface area contributed by atoms with Crippen molar-refractivity contribution in [1.82, 2.24) is 10.2 Å². The number of hydrogen-bond donors (Lipinski definition) is 1. The predicted octanol–water partition coefficient (Wildman–Crippen LogP) is 3.86. The van der Waals surface area contributed by atoms with Gasteiger partial charge in [-0.1, -0.05) is 32.8 Å². The third-order valence-electron chi connectivity index (χ3n) is 6.40. The Balaban J connectivity index is 1.65. The number of rotatable bonds is 10. The molecule has 0 spiro atoms. The molecule has 3 rings (SSSR count). The molecular formula is C25H36N2O5. The molecule has 176 valence electrons. The van der Waals surface area contributed by atoms with Gasteiger partial charge in [-0.2, -0.15) is 0 Å².